The summed E-state index contributed by atoms with van der Waals surface area (Å²) in [6.07, 6.45) is -1.89. The minimum atomic E-state index is -4.82. The van der Waals surface area contributed by atoms with Crippen LogP contribution in [0.4, 0.5) is 24.5 Å². The molecule has 2 fully saturated rings. The van der Waals surface area contributed by atoms with Gasteiger partial charge in [-0.25, -0.2) is 4.68 Å². The second-order valence-corrected chi connectivity index (χ2v) is 10.7. The Balaban J connectivity index is 1.34. The molecule has 4 N–H and O–H groups in total. The molecule has 2 amide bonds. The normalized spacial score (nSPS) is 18.3. The van der Waals surface area contributed by atoms with E-state index >= 15 is 0 Å². The van der Waals surface area contributed by atoms with Crippen molar-refractivity contribution in [3.8, 4) is 5.69 Å². The second kappa shape index (κ2) is 13.7. The Labute approximate surface area is 252 Å². The summed E-state index contributed by atoms with van der Waals surface area (Å²) in [4.78, 5) is 35.5. The third kappa shape index (κ3) is 7.50. The number of anilines is 2. The van der Waals surface area contributed by atoms with Gasteiger partial charge in [-0.3, -0.25) is 24.4 Å². The van der Waals surface area contributed by atoms with Crippen molar-refractivity contribution in [3.05, 3.63) is 59.7 Å². The van der Waals surface area contributed by atoms with Crippen LogP contribution >= 0.6 is 0 Å². The van der Waals surface area contributed by atoms with Crippen molar-refractivity contribution in [2.24, 2.45) is 5.73 Å². The number of ether oxygens (including phenoxy) is 1. The van der Waals surface area contributed by atoms with Crippen LogP contribution in [0.15, 0.2) is 42.7 Å². The van der Waals surface area contributed by atoms with E-state index in [0.29, 0.717) is 50.8 Å². The first-order chi connectivity index (χ1) is 21.1. The number of nitrogens with two attached hydrogens (primary N) is 1. The molecule has 0 bridgehead atoms. The monoisotopic (exact) mass is 616 g/mol. The Morgan fingerprint density at radius 1 is 1.11 bits per heavy atom. The third-order valence-electron chi connectivity index (χ3n) is 7.62. The number of alkyl halides is 3. The SMILES string of the molecule is CN1CCN(c2ccc(-n3cc(C(=O)NCCCN4CCOCC4)nn3)cc2NC(=O)c2cccnc2C(F)(F)F)CC1N. The summed E-state index contributed by atoms with van der Waals surface area (Å²) in [7, 11) is 1.90. The maximum atomic E-state index is 13.6. The fourth-order valence-electron chi connectivity index (χ4n) is 5.08. The predicted octanol–water partition coefficient (Wildman–Crippen LogP) is 1.42. The Kier molecular flexibility index (Phi) is 9.73. The quantitative estimate of drug-likeness (QED) is 0.302. The molecule has 2 aliphatic heterocycles. The molecule has 3 aromatic rings. The molecule has 236 valence electrons. The van der Waals surface area contributed by atoms with Crippen molar-refractivity contribution in [1.82, 2.24) is 35.1 Å². The summed E-state index contributed by atoms with van der Waals surface area (Å²) in [6.45, 7) is 6.13. The number of morpholine rings is 1. The van der Waals surface area contributed by atoms with E-state index in [9.17, 15) is 22.8 Å². The van der Waals surface area contributed by atoms with Gasteiger partial charge >= 0.3 is 6.18 Å². The van der Waals surface area contributed by atoms with Crippen LogP contribution in [0.1, 0.15) is 33.0 Å². The molecule has 44 heavy (non-hydrogen) atoms. The molecule has 0 spiro atoms. The van der Waals surface area contributed by atoms with E-state index in [0.717, 1.165) is 38.3 Å². The molecule has 0 radical (unpaired) electrons. The number of amides is 2. The van der Waals surface area contributed by atoms with Crippen LogP contribution in [0.2, 0.25) is 0 Å². The number of hydrogen-bond donors (Lipinski definition) is 3. The van der Waals surface area contributed by atoms with Crippen LogP contribution in [0, 0.1) is 0 Å². The topological polar surface area (TPSA) is 147 Å². The van der Waals surface area contributed by atoms with E-state index in [1.807, 2.05) is 16.8 Å². The van der Waals surface area contributed by atoms with E-state index in [4.69, 9.17) is 10.5 Å². The van der Waals surface area contributed by atoms with Gasteiger partial charge in [0.25, 0.3) is 11.8 Å². The van der Waals surface area contributed by atoms with Crippen molar-refractivity contribution in [2.75, 3.05) is 76.3 Å². The minimum Gasteiger partial charge on any atom is -0.379 e. The van der Waals surface area contributed by atoms with Gasteiger partial charge in [0.2, 0.25) is 0 Å². The van der Waals surface area contributed by atoms with Crippen LogP contribution in [0.3, 0.4) is 0 Å². The number of pyridine rings is 1. The van der Waals surface area contributed by atoms with Crippen LogP contribution in [0.25, 0.3) is 5.69 Å². The summed E-state index contributed by atoms with van der Waals surface area (Å²) < 4.78 is 47.5. The Bertz CT molecular complexity index is 1460. The summed E-state index contributed by atoms with van der Waals surface area (Å²) >= 11 is 0. The highest BCUT2D eigenvalue weighted by molar-refractivity contribution is 6.07. The zero-order chi connectivity index (χ0) is 31.3. The molecule has 0 saturated carbocycles. The van der Waals surface area contributed by atoms with Gasteiger partial charge in [-0.05, 0) is 50.3 Å². The standard InChI is InChI=1S/C28H35F3N10O3/c1-38-10-11-40(18-24(38)32)23-6-5-19(16-21(23)35-26(42)20-4-2-7-33-25(20)28(29,30)31)41-17-22(36-37-41)27(43)34-8-3-9-39-12-14-44-15-13-39/h2,4-7,16-17,24H,3,8-15,18,32H2,1H3,(H,34,43)(H,35,42). The summed E-state index contributed by atoms with van der Waals surface area (Å²) in [5.41, 5.74) is 5.70. The molecule has 5 rings (SSSR count). The molecular formula is C28H35F3N10O3. The first-order valence-electron chi connectivity index (χ1n) is 14.3. The highest BCUT2D eigenvalue weighted by atomic mass is 19.4. The molecule has 1 aromatic carbocycles. The molecule has 2 aromatic heterocycles. The number of nitrogens with one attached hydrogen (secondary N) is 2. The number of halogens is 3. The van der Waals surface area contributed by atoms with Gasteiger partial charge in [0.05, 0.1) is 48.2 Å². The van der Waals surface area contributed by atoms with Crippen LogP contribution in [-0.4, -0.2) is 114 Å². The van der Waals surface area contributed by atoms with Crippen molar-refractivity contribution in [3.63, 3.8) is 0 Å². The number of benzene rings is 1. The van der Waals surface area contributed by atoms with Gasteiger partial charge in [0.1, 0.15) is 0 Å². The molecule has 1 atom stereocenters. The fourth-order valence-corrected chi connectivity index (χ4v) is 5.08. The molecule has 2 saturated heterocycles. The molecule has 4 heterocycles. The van der Waals surface area contributed by atoms with Gasteiger partial charge in [-0.1, -0.05) is 5.21 Å². The van der Waals surface area contributed by atoms with Gasteiger partial charge < -0.3 is 26.0 Å². The highest BCUT2D eigenvalue weighted by Gasteiger charge is 2.37. The van der Waals surface area contributed by atoms with Crippen molar-refractivity contribution in [1.29, 1.82) is 0 Å². The molecule has 2 aliphatic rings. The highest BCUT2D eigenvalue weighted by Crippen LogP contribution is 2.33. The minimum absolute atomic E-state index is 0.0984. The lowest BCUT2D eigenvalue weighted by Crippen LogP contribution is -2.55. The predicted molar refractivity (Wildman–Crippen MR) is 156 cm³/mol. The van der Waals surface area contributed by atoms with Crippen LogP contribution < -0.4 is 21.3 Å². The summed E-state index contributed by atoms with van der Waals surface area (Å²) in [5.74, 6) is -1.36. The summed E-state index contributed by atoms with van der Waals surface area (Å²) in [5, 5.41) is 13.5. The number of likely N-dealkylation sites (N-methyl/N-ethyl adjacent to an activating group) is 1. The lowest BCUT2D eigenvalue weighted by molar-refractivity contribution is -0.141. The van der Waals surface area contributed by atoms with E-state index < -0.39 is 23.3 Å². The average Bonchev–Trinajstić information content (AvgIpc) is 3.51. The lowest BCUT2D eigenvalue weighted by Gasteiger charge is -2.39. The zero-order valence-electron chi connectivity index (χ0n) is 24.3. The van der Waals surface area contributed by atoms with Gasteiger partial charge in [-0.2, -0.15) is 13.2 Å². The largest absolute Gasteiger partial charge is 0.434 e. The summed E-state index contributed by atoms with van der Waals surface area (Å²) in [6, 6.07) is 7.36. The molecule has 0 aliphatic carbocycles. The fraction of sp³-hybridized carbons (Fsp3) is 0.464. The lowest BCUT2D eigenvalue weighted by atomic mass is 10.1. The van der Waals surface area contributed by atoms with Crippen molar-refractivity contribution >= 4 is 23.2 Å². The number of carbonyl (C=O) groups excluding carboxylic acids is 2. The van der Waals surface area contributed by atoms with E-state index in [1.165, 1.54) is 16.9 Å². The number of piperazine rings is 1. The first-order valence-corrected chi connectivity index (χ1v) is 14.3. The van der Waals surface area contributed by atoms with E-state index in [-0.39, 0.29) is 23.5 Å². The van der Waals surface area contributed by atoms with Gasteiger partial charge in [0, 0.05) is 45.5 Å². The number of nitrogens with zero attached hydrogens (tertiary/aromatic N) is 7. The van der Waals surface area contributed by atoms with Crippen LogP contribution in [-0.2, 0) is 10.9 Å². The van der Waals surface area contributed by atoms with E-state index in [1.54, 1.807) is 18.2 Å². The number of hydrogen-bond acceptors (Lipinski definition) is 10. The van der Waals surface area contributed by atoms with Gasteiger partial charge in [0.15, 0.2) is 11.4 Å². The van der Waals surface area contributed by atoms with Crippen LogP contribution in [0.5, 0.6) is 0 Å². The Morgan fingerprint density at radius 3 is 2.66 bits per heavy atom. The molecule has 16 heteroatoms. The maximum Gasteiger partial charge on any atom is 0.434 e. The zero-order valence-corrected chi connectivity index (χ0v) is 24.3. The maximum absolute atomic E-state index is 13.6. The Morgan fingerprint density at radius 2 is 1.91 bits per heavy atom. The third-order valence-corrected chi connectivity index (χ3v) is 7.62. The van der Waals surface area contributed by atoms with Gasteiger partial charge in [-0.15, -0.1) is 5.10 Å². The second-order valence-electron chi connectivity index (χ2n) is 10.7. The molecule has 1 unspecified atom stereocenters. The van der Waals surface area contributed by atoms with Crippen molar-refractivity contribution < 1.29 is 27.5 Å². The number of rotatable bonds is 9. The number of aromatic nitrogens is 4. The van der Waals surface area contributed by atoms with Crippen molar-refractivity contribution in [2.45, 2.75) is 18.8 Å². The Hall–Kier alpha value is -4.12. The molecular weight excluding hydrogens is 581 g/mol. The number of carbonyl (C=O) groups is 2. The molecule has 13 nitrogen and oxygen atoms in total. The first kappa shape index (κ1) is 31.3. The smallest absolute Gasteiger partial charge is 0.379 e. The van der Waals surface area contributed by atoms with E-state index in [2.05, 4.69) is 30.8 Å². The average molecular weight is 617 g/mol.